The van der Waals surface area contributed by atoms with Gasteiger partial charge in [0.1, 0.15) is 0 Å². The van der Waals surface area contributed by atoms with Crippen LogP contribution in [0.2, 0.25) is 0 Å². The van der Waals surface area contributed by atoms with Crippen molar-refractivity contribution in [1.29, 1.82) is 0 Å². The standard InChI is InChI=1S/C15H19N3/c1-3-12-8-10-17(15(12)6-1)11-14-5-2-4-13-7-9-16-18(13)14/h2,4-5,7,9,12,15H,1,3,6,8,10-11H2/t12-,15-/m1/s1. The highest BCUT2D eigenvalue weighted by Crippen LogP contribution is 2.38. The molecule has 0 radical (unpaired) electrons. The Labute approximate surface area is 107 Å². The molecule has 1 saturated heterocycles. The minimum atomic E-state index is 0.843. The topological polar surface area (TPSA) is 20.5 Å². The molecule has 0 amide bonds. The van der Waals surface area contributed by atoms with Crippen LogP contribution in [-0.2, 0) is 6.54 Å². The molecule has 3 heteroatoms. The number of hydrogen-bond donors (Lipinski definition) is 0. The molecule has 0 N–H and O–H groups in total. The maximum absolute atomic E-state index is 4.44. The zero-order valence-electron chi connectivity index (χ0n) is 10.6. The van der Waals surface area contributed by atoms with Gasteiger partial charge in [-0.1, -0.05) is 12.5 Å². The monoisotopic (exact) mass is 241 g/mol. The van der Waals surface area contributed by atoms with Gasteiger partial charge < -0.3 is 0 Å². The van der Waals surface area contributed by atoms with Crippen LogP contribution in [0.25, 0.3) is 5.52 Å². The SMILES string of the molecule is c1cc(CN2CC[C@H]3CCC[C@H]32)n2nccc2c1. The van der Waals surface area contributed by atoms with Crippen LogP contribution in [-0.4, -0.2) is 27.1 Å². The lowest BCUT2D eigenvalue weighted by Crippen LogP contribution is -2.30. The molecule has 4 rings (SSSR count). The van der Waals surface area contributed by atoms with Gasteiger partial charge in [0, 0.05) is 18.8 Å². The van der Waals surface area contributed by atoms with Crippen molar-refractivity contribution in [3.63, 3.8) is 0 Å². The minimum absolute atomic E-state index is 0.843. The van der Waals surface area contributed by atoms with E-state index in [9.17, 15) is 0 Å². The molecule has 2 aliphatic rings. The molecule has 0 spiro atoms. The first kappa shape index (κ1) is 10.6. The molecule has 1 aliphatic carbocycles. The second-order valence-electron chi connectivity index (χ2n) is 5.70. The van der Waals surface area contributed by atoms with E-state index in [4.69, 9.17) is 0 Å². The molecular weight excluding hydrogens is 222 g/mol. The number of rotatable bonds is 2. The van der Waals surface area contributed by atoms with Crippen LogP contribution in [0, 0.1) is 5.92 Å². The average Bonchev–Trinajstić information content (AvgIpc) is 3.06. The normalized spacial score (nSPS) is 28.0. The molecule has 2 fully saturated rings. The summed E-state index contributed by atoms with van der Waals surface area (Å²) in [6.45, 7) is 2.33. The molecule has 0 unspecified atom stereocenters. The molecule has 1 aliphatic heterocycles. The van der Waals surface area contributed by atoms with Crippen molar-refractivity contribution >= 4 is 5.52 Å². The molecule has 18 heavy (non-hydrogen) atoms. The van der Waals surface area contributed by atoms with E-state index in [1.807, 2.05) is 6.20 Å². The summed E-state index contributed by atoms with van der Waals surface area (Å²) in [7, 11) is 0. The molecule has 2 aromatic rings. The van der Waals surface area contributed by atoms with Crippen molar-refractivity contribution in [2.75, 3.05) is 6.54 Å². The van der Waals surface area contributed by atoms with Crippen molar-refractivity contribution in [3.05, 3.63) is 36.2 Å². The van der Waals surface area contributed by atoms with Crippen LogP contribution in [0.3, 0.4) is 0 Å². The predicted molar refractivity (Wildman–Crippen MR) is 71.3 cm³/mol. The average molecular weight is 241 g/mol. The van der Waals surface area contributed by atoms with Gasteiger partial charge in [-0.05, 0) is 49.9 Å². The number of hydrogen-bond acceptors (Lipinski definition) is 2. The van der Waals surface area contributed by atoms with Gasteiger partial charge in [-0.2, -0.15) is 5.10 Å². The van der Waals surface area contributed by atoms with Gasteiger partial charge in [0.2, 0.25) is 0 Å². The first-order valence-electron chi connectivity index (χ1n) is 7.07. The third kappa shape index (κ3) is 1.57. The predicted octanol–water partition coefficient (Wildman–Crippen LogP) is 2.71. The Balaban J connectivity index is 1.62. The van der Waals surface area contributed by atoms with Gasteiger partial charge in [0.15, 0.2) is 0 Å². The largest absolute Gasteiger partial charge is 0.294 e. The van der Waals surface area contributed by atoms with Gasteiger partial charge >= 0.3 is 0 Å². The van der Waals surface area contributed by atoms with E-state index in [2.05, 4.69) is 38.8 Å². The third-order valence-corrected chi connectivity index (χ3v) is 4.74. The molecule has 0 aromatic carbocycles. The highest BCUT2D eigenvalue weighted by molar-refractivity contribution is 5.46. The van der Waals surface area contributed by atoms with E-state index in [1.165, 1.54) is 43.4 Å². The second kappa shape index (κ2) is 4.09. The van der Waals surface area contributed by atoms with Crippen molar-refractivity contribution in [2.45, 2.75) is 38.3 Å². The van der Waals surface area contributed by atoms with Gasteiger partial charge in [0.25, 0.3) is 0 Å². The summed E-state index contributed by atoms with van der Waals surface area (Å²) in [6.07, 6.45) is 7.58. The molecule has 3 heterocycles. The Morgan fingerprint density at radius 2 is 2.17 bits per heavy atom. The maximum atomic E-state index is 4.44. The number of nitrogens with zero attached hydrogens (tertiary/aromatic N) is 3. The quantitative estimate of drug-likeness (QED) is 0.806. The van der Waals surface area contributed by atoms with Crippen LogP contribution in [0.15, 0.2) is 30.5 Å². The number of aromatic nitrogens is 2. The summed E-state index contributed by atoms with van der Waals surface area (Å²) in [6, 6.07) is 9.40. The van der Waals surface area contributed by atoms with Gasteiger partial charge in [-0.15, -0.1) is 0 Å². The number of pyridine rings is 1. The lowest BCUT2D eigenvalue weighted by atomic mass is 10.0. The first-order chi connectivity index (χ1) is 8.92. The van der Waals surface area contributed by atoms with Crippen LogP contribution in [0.4, 0.5) is 0 Å². The maximum Gasteiger partial charge on any atom is 0.0665 e. The lowest BCUT2D eigenvalue weighted by Gasteiger charge is -2.23. The van der Waals surface area contributed by atoms with E-state index in [-0.39, 0.29) is 0 Å². The Morgan fingerprint density at radius 3 is 3.17 bits per heavy atom. The zero-order chi connectivity index (χ0) is 11.9. The Bertz CT molecular complexity index is 560. The third-order valence-electron chi connectivity index (χ3n) is 4.74. The Kier molecular flexibility index (Phi) is 2.40. The highest BCUT2D eigenvalue weighted by Gasteiger charge is 2.37. The fourth-order valence-corrected chi connectivity index (χ4v) is 3.86. The fourth-order valence-electron chi connectivity index (χ4n) is 3.86. The summed E-state index contributed by atoms with van der Waals surface area (Å²) in [5, 5.41) is 4.44. The van der Waals surface area contributed by atoms with Crippen molar-refractivity contribution in [1.82, 2.24) is 14.5 Å². The molecular formula is C15H19N3. The molecule has 2 atom stereocenters. The highest BCUT2D eigenvalue weighted by atomic mass is 15.3. The zero-order valence-corrected chi connectivity index (χ0v) is 10.6. The van der Waals surface area contributed by atoms with E-state index in [0.717, 1.165) is 18.5 Å². The van der Waals surface area contributed by atoms with E-state index in [0.29, 0.717) is 0 Å². The van der Waals surface area contributed by atoms with Crippen molar-refractivity contribution in [2.24, 2.45) is 5.92 Å². The molecule has 1 saturated carbocycles. The van der Waals surface area contributed by atoms with Crippen LogP contribution in [0.5, 0.6) is 0 Å². The number of fused-ring (bicyclic) bond motifs is 2. The molecule has 3 nitrogen and oxygen atoms in total. The second-order valence-corrected chi connectivity index (χ2v) is 5.70. The molecule has 2 aromatic heterocycles. The Morgan fingerprint density at radius 1 is 1.17 bits per heavy atom. The van der Waals surface area contributed by atoms with Crippen LogP contribution in [0.1, 0.15) is 31.4 Å². The van der Waals surface area contributed by atoms with E-state index >= 15 is 0 Å². The van der Waals surface area contributed by atoms with Gasteiger partial charge in [-0.3, -0.25) is 4.90 Å². The fraction of sp³-hybridized carbons (Fsp3) is 0.533. The summed E-state index contributed by atoms with van der Waals surface area (Å²) in [5.74, 6) is 0.974. The molecule has 0 bridgehead atoms. The first-order valence-corrected chi connectivity index (χ1v) is 7.07. The van der Waals surface area contributed by atoms with E-state index in [1.54, 1.807) is 0 Å². The van der Waals surface area contributed by atoms with E-state index < -0.39 is 0 Å². The Hall–Kier alpha value is -1.35. The summed E-state index contributed by atoms with van der Waals surface area (Å²) in [4.78, 5) is 2.67. The minimum Gasteiger partial charge on any atom is -0.294 e. The molecule has 94 valence electrons. The van der Waals surface area contributed by atoms with Crippen LogP contribution >= 0.6 is 0 Å². The smallest absolute Gasteiger partial charge is 0.0665 e. The summed E-state index contributed by atoms with van der Waals surface area (Å²) < 4.78 is 2.09. The van der Waals surface area contributed by atoms with Gasteiger partial charge in [-0.25, -0.2) is 4.52 Å². The van der Waals surface area contributed by atoms with Crippen molar-refractivity contribution < 1.29 is 0 Å². The van der Waals surface area contributed by atoms with Crippen molar-refractivity contribution in [3.8, 4) is 0 Å². The van der Waals surface area contributed by atoms with Crippen LogP contribution < -0.4 is 0 Å². The summed E-state index contributed by atoms with van der Waals surface area (Å²) >= 11 is 0. The number of likely N-dealkylation sites (tertiary alicyclic amines) is 1. The summed E-state index contributed by atoms with van der Waals surface area (Å²) in [5.41, 5.74) is 2.53. The van der Waals surface area contributed by atoms with Gasteiger partial charge in [0.05, 0.1) is 11.2 Å². The lowest BCUT2D eigenvalue weighted by molar-refractivity contribution is 0.229.